The maximum atomic E-state index is 12.7. The van der Waals surface area contributed by atoms with Gasteiger partial charge in [-0.25, -0.2) is 4.98 Å². The quantitative estimate of drug-likeness (QED) is 0.794. The highest BCUT2D eigenvalue weighted by Gasteiger charge is 2.31. The largest absolute Gasteiger partial charge is 0.469 e. The van der Waals surface area contributed by atoms with Gasteiger partial charge in [0, 0.05) is 33.0 Å². The molecular formula is C17H23N5O4. The first-order chi connectivity index (χ1) is 12.6. The molecule has 0 radical (unpaired) electrons. The molecule has 2 aromatic rings. The SMILES string of the molecule is Cc1occc1C(=O)N1CCOC[C@H]1CC(=O)NCCc1ncnn1C. The number of aromatic nitrogens is 3. The molecule has 3 heterocycles. The van der Waals surface area contributed by atoms with Crippen LogP contribution in [0, 0.1) is 6.92 Å². The standard InChI is InChI=1S/C17H23N5O4/c1-12-14(4-7-26-12)17(24)22-6-8-25-10-13(22)9-16(23)18-5-3-15-19-11-20-21(15)2/h4,7,11,13H,3,5-6,8-10H2,1-2H3,(H,18,23)/t13-/m1/s1. The molecular weight excluding hydrogens is 338 g/mol. The Kier molecular flexibility index (Phi) is 5.67. The van der Waals surface area contributed by atoms with Crippen molar-refractivity contribution in [3.8, 4) is 0 Å². The van der Waals surface area contributed by atoms with Crippen molar-refractivity contribution in [2.75, 3.05) is 26.3 Å². The summed E-state index contributed by atoms with van der Waals surface area (Å²) in [5, 5.41) is 6.86. The Morgan fingerprint density at radius 2 is 2.27 bits per heavy atom. The Labute approximate surface area is 151 Å². The molecule has 1 aliphatic heterocycles. The molecule has 0 bridgehead atoms. The van der Waals surface area contributed by atoms with Gasteiger partial charge in [0.05, 0.1) is 31.1 Å². The fraction of sp³-hybridized carbons (Fsp3) is 0.529. The molecule has 1 N–H and O–H groups in total. The van der Waals surface area contributed by atoms with Gasteiger partial charge < -0.3 is 19.4 Å². The fourth-order valence-corrected chi connectivity index (χ4v) is 3.00. The van der Waals surface area contributed by atoms with E-state index in [9.17, 15) is 9.59 Å². The van der Waals surface area contributed by atoms with Gasteiger partial charge >= 0.3 is 0 Å². The lowest BCUT2D eigenvalue weighted by atomic mass is 10.1. The summed E-state index contributed by atoms with van der Waals surface area (Å²) in [5.41, 5.74) is 0.527. The van der Waals surface area contributed by atoms with Crippen LogP contribution >= 0.6 is 0 Å². The van der Waals surface area contributed by atoms with E-state index in [-0.39, 0.29) is 24.3 Å². The molecule has 9 nitrogen and oxygen atoms in total. The van der Waals surface area contributed by atoms with Crippen molar-refractivity contribution < 1.29 is 18.7 Å². The number of rotatable bonds is 6. The van der Waals surface area contributed by atoms with Crippen LogP contribution in [0.5, 0.6) is 0 Å². The first-order valence-electron chi connectivity index (χ1n) is 8.58. The number of amides is 2. The number of morpholine rings is 1. The molecule has 2 aromatic heterocycles. The molecule has 0 aliphatic carbocycles. The third kappa shape index (κ3) is 4.10. The zero-order valence-corrected chi connectivity index (χ0v) is 15.0. The van der Waals surface area contributed by atoms with Gasteiger partial charge in [-0.15, -0.1) is 0 Å². The van der Waals surface area contributed by atoms with E-state index in [0.29, 0.717) is 44.0 Å². The van der Waals surface area contributed by atoms with Crippen molar-refractivity contribution in [1.82, 2.24) is 25.0 Å². The second-order valence-corrected chi connectivity index (χ2v) is 6.22. The molecule has 1 aliphatic rings. The van der Waals surface area contributed by atoms with Crippen LogP contribution in [-0.4, -0.2) is 63.8 Å². The number of aryl methyl sites for hydroxylation is 2. The Morgan fingerprint density at radius 1 is 1.42 bits per heavy atom. The molecule has 2 amide bonds. The van der Waals surface area contributed by atoms with Crippen LogP contribution in [-0.2, 0) is 23.0 Å². The lowest BCUT2D eigenvalue weighted by Crippen LogP contribution is -2.50. The maximum Gasteiger partial charge on any atom is 0.257 e. The lowest BCUT2D eigenvalue weighted by molar-refractivity contribution is -0.123. The second kappa shape index (κ2) is 8.13. The summed E-state index contributed by atoms with van der Waals surface area (Å²) >= 11 is 0. The molecule has 1 saturated heterocycles. The average Bonchev–Trinajstić information content (AvgIpc) is 3.23. The minimum Gasteiger partial charge on any atom is -0.469 e. The first-order valence-corrected chi connectivity index (χ1v) is 8.58. The smallest absolute Gasteiger partial charge is 0.257 e. The summed E-state index contributed by atoms with van der Waals surface area (Å²) in [6.45, 7) is 3.49. The maximum absolute atomic E-state index is 12.7. The Hall–Kier alpha value is -2.68. The predicted octanol–water partition coefficient (Wildman–Crippen LogP) is 0.307. The van der Waals surface area contributed by atoms with Crippen LogP contribution in [0.15, 0.2) is 23.1 Å². The molecule has 1 atom stereocenters. The van der Waals surface area contributed by atoms with E-state index >= 15 is 0 Å². The highest BCUT2D eigenvalue weighted by molar-refractivity contribution is 5.95. The van der Waals surface area contributed by atoms with Gasteiger partial charge in [-0.3, -0.25) is 14.3 Å². The number of carbonyl (C=O) groups excluding carboxylic acids is 2. The summed E-state index contributed by atoms with van der Waals surface area (Å²) in [6.07, 6.45) is 3.77. The third-order valence-corrected chi connectivity index (χ3v) is 4.47. The van der Waals surface area contributed by atoms with Crippen LogP contribution in [0.4, 0.5) is 0 Å². The number of carbonyl (C=O) groups is 2. The van der Waals surface area contributed by atoms with E-state index in [1.165, 1.54) is 12.6 Å². The van der Waals surface area contributed by atoms with Gasteiger partial charge in [-0.1, -0.05) is 0 Å². The Morgan fingerprint density at radius 3 is 2.96 bits per heavy atom. The van der Waals surface area contributed by atoms with Crippen molar-refractivity contribution in [2.24, 2.45) is 7.05 Å². The molecule has 0 aromatic carbocycles. The van der Waals surface area contributed by atoms with Crippen LogP contribution in [0.3, 0.4) is 0 Å². The molecule has 3 rings (SSSR count). The van der Waals surface area contributed by atoms with Crippen molar-refractivity contribution in [3.63, 3.8) is 0 Å². The normalized spacial score (nSPS) is 17.3. The number of nitrogens with zero attached hydrogens (tertiary/aromatic N) is 4. The highest BCUT2D eigenvalue weighted by atomic mass is 16.5. The van der Waals surface area contributed by atoms with Crippen molar-refractivity contribution in [1.29, 1.82) is 0 Å². The zero-order chi connectivity index (χ0) is 18.5. The number of ether oxygens (including phenoxy) is 1. The average molecular weight is 361 g/mol. The molecule has 140 valence electrons. The van der Waals surface area contributed by atoms with Crippen LogP contribution < -0.4 is 5.32 Å². The van der Waals surface area contributed by atoms with Gasteiger partial charge in [0.1, 0.15) is 17.9 Å². The molecule has 0 saturated carbocycles. The van der Waals surface area contributed by atoms with Crippen molar-refractivity contribution in [3.05, 3.63) is 35.8 Å². The Balaban J connectivity index is 1.54. The molecule has 1 fully saturated rings. The van der Waals surface area contributed by atoms with E-state index in [2.05, 4.69) is 15.4 Å². The van der Waals surface area contributed by atoms with Gasteiger partial charge in [0.2, 0.25) is 5.91 Å². The minimum atomic E-state index is -0.291. The summed E-state index contributed by atoms with van der Waals surface area (Å²) in [7, 11) is 1.81. The third-order valence-electron chi connectivity index (χ3n) is 4.47. The summed E-state index contributed by atoms with van der Waals surface area (Å²) in [6, 6.07) is 1.37. The van der Waals surface area contributed by atoms with E-state index in [4.69, 9.17) is 9.15 Å². The van der Waals surface area contributed by atoms with Crippen molar-refractivity contribution in [2.45, 2.75) is 25.8 Å². The minimum absolute atomic E-state index is 0.121. The summed E-state index contributed by atoms with van der Waals surface area (Å²) in [5.74, 6) is 1.13. The molecule has 9 heteroatoms. The van der Waals surface area contributed by atoms with Gasteiger partial charge in [0.25, 0.3) is 5.91 Å². The number of furan rings is 1. The zero-order valence-electron chi connectivity index (χ0n) is 15.0. The number of hydrogen-bond donors (Lipinski definition) is 1. The first kappa shape index (κ1) is 18.1. The van der Waals surface area contributed by atoms with E-state index < -0.39 is 0 Å². The monoisotopic (exact) mass is 361 g/mol. The lowest BCUT2D eigenvalue weighted by Gasteiger charge is -2.35. The van der Waals surface area contributed by atoms with Gasteiger partial charge in [-0.2, -0.15) is 5.10 Å². The summed E-state index contributed by atoms with van der Waals surface area (Å²) < 4.78 is 12.4. The second-order valence-electron chi connectivity index (χ2n) is 6.22. The van der Waals surface area contributed by atoms with E-state index in [0.717, 1.165) is 5.82 Å². The summed E-state index contributed by atoms with van der Waals surface area (Å²) in [4.78, 5) is 30.8. The number of nitrogens with one attached hydrogen (secondary N) is 1. The van der Waals surface area contributed by atoms with Crippen LogP contribution in [0.25, 0.3) is 0 Å². The van der Waals surface area contributed by atoms with E-state index in [1.54, 1.807) is 22.6 Å². The molecule has 26 heavy (non-hydrogen) atoms. The topological polar surface area (TPSA) is 102 Å². The number of hydrogen-bond acceptors (Lipinski definition) is 6. The van der Waals surface area contributed by atoms with Gasteiger partial charge in [-0.05, 0) is 13.0 Å². The van der Waals surface area contributed by atoms with Gasteiger partial charge in [0.15, 0.2) is 0 Å². The predicted molar refractivity (Wildman–Crippen MR) is 91.4 cm³/mol. The van der Waals surface area contributed by atoms with E-state index in [1.807, 2.05) is 7.05 Å². The Bertz CT molecular complexity index is 769. The van der Waals surface area contributed by atoms with Crippen LogP contribution in [0.1, 0.15) is 28.4 Å². The molecule has 0 unspecified atom stereocenters. The molecule has 0 spiro atoms. The highest BCUT2D eigenvalue weighted by Crippen LogP contribution is 2.18. The van der Waals surface area contributed by atoms with Crippen molar-refractivity contribution >= 4 is 11.8 Å². The van der Waals surface area contributed by atoms with Crippen LogP contribution in [0.2, 0.25) is 0 Å². The fourth-order valence-electron chi connectivity index (χ4n) is 3.00.